The van der Waals surface area contributed by atoms with Crippen LogP contribution in [0.15, 0.2) is 53.9 Å². The molecular weight excluding hydrogens is 350 g/mol. The number of rotatable bonds is 4. The second kappa shape index (κ2) is 6.49. The van der Waals surface area contributed by atoms with Gasteiger partial charge in [0.2, 0.25) is 5.78 Å². The summed E-state index contributed by atoms with van der Waals surface area (Å²) in [5, 5.41) is 17.5. The number of ketones is 1. The largest absolute Gasteiger partial charge is 0.319 e. The molecule has 0 saturated heterocycles. The molecule has 0 saturated carbocycles. The molecule has 0 unspecified atom stereocenters. The lowest BCUT2D eigenvalue weighted by Crippen LogP contribution is -2.19. The summed E-state index contributed by atoms with van der Waals surface area (Å²) in [6.07, 6.45) is 0. The summed E-state index contributed by atoms with van der Waals surface area (Å²) in [5.41, 5.74) is 2.69. The van der Waals surface area contributed by atoms with E-state index in [1.807, 2.05) is 35.7 Å². The number of benzene rings is 1. The van der Waals surface area contributed by atoms with E-state index >= 15 is 0 Å². The average molecular weight is 363 g/mol. The van der Waals surface area contributed by atoms with Gasteiger partial charge in [-0.05, 0) is 35.7 Å². The Kier molecular flexibility index (Phi) is 4.02. The van der Waals surface area contributed by atoms with Crippen molar-refractivity contribution in [1.82, 2.24) is 19.8 Å². The van der Waals surface area contributed by atoms with E-state index in [0.717, 1.165) is 10.4 Å². The van der Waals surface area contributed by atoms with Gasteiger partial charge in [0.25, 0.3) is 5.91 Å². The summed E-state index contributed by atoms with van der Waals surface area (Å²) in [4.78, 5) is 23.7. The van der Waals surface area contributed by atoms with Crippen LogP contribution in [0.2, 0.25) is 0 Å². The van der Waals surface area contributed by atoms with Crippen LogP contribution in [0.5, 0.6) is 0 Å². The molecule has 1 aromatic carbocycles. The summed E-state index contributed by atoms with van der Waals surface area (Å²) in [7, 11) is 0. The molecule has 26 heavy (non-hydrogen) atoms. The molecular formula is C18H13N5O2S. The zero-order chi connectivity index (χ0) is 18.1. The third-order valence-electron chi connectivity index (χ3n) is 3.74. The van der Waals surface area contributed by atoms with Crippen molar-refractivity contribution in [2.24, 2.45) is 0 Å². The van der Waals surface area contributed by atoms with Crippen molar-refractivity contribution in [2.75, 3.05) is 5.32 Å². The maximum absolute atomic E-state index is 11.6. The molecule has 8 heteroatoms. The number of carbonyl (C=O) groups excluding carboxylic acids is 2. The van der Waals surface area contributed by atoms with Crippen molar-refractivity contribution in [3.63, 3.8) is 0 Å². The van der Waals surface area contributed by atoms with Crippen LogP contribution >= 0.6 is 11.3 Å². The van der Waals surface area contributed by atoms with Crippen molar-refractivity contribution in [2.45, 2.75) is 6.92 Å². The van der Waals surface area contributed by atoms with Gasteiger partial charge in [-0.3, -0.25) is 9.59 Å². The van der Waals surface area contributed by atoms with Crippen molar-refractivity contribution >= 4 is 34.4 Å². The SMILES string of the molecule is CC(=O)C(=O)Nc1cccc(-c2ccc3nnc(-c4cccs4)n3n2)c1. The van der Waals surface area contributed by atoms with E-state index in [9.17, 15) is 9.59 Å². The van der Waals surface area contributed by atoms with E-state index in [1.165, 1.54) is 6.92 Å². The Bertz CT molecular complexity index is 1120. The van der Waals surface area contributed by atoms with Gasteiger partial charge in [-0.25, -0.2) is 0 Å². The number of hydrogen-bond acceptors (Lipinski definition) is 6. The number of Topliss-reactive ketones (excluding diaryl/α,β-unsaturated/α-hetero) is 1. The van der Waals surface area contributed by atoms with E-state index in [-0.39, 0.29) is 0 Å². The summed E-state index contributed by atoms with van der Waals surface area (Å²) in [6.45, 7) is 1.23. The van der Waals surface area contributed by atoms with Crippen LogP contribution in [0.1, 0.15) is 6.92 Å². The maximum atomic E-state index is 11.6. The number of aromatic nitrogens is 4. The molecule has 3 aromatic heterocycles. The molecule has 0 aliphatic carbocycles. The number of anilines is 1. The maximum Gasteiger partial charge on any atom is 0.291 e. The van der Waals surface area contributed by atoms with Crippen molar-refractivity contribution in [3.8, 4) is 22.0 Å². The monoisotopic (exact) mass is 363 g/mol. The van der Waals surface area contributed by atoms with Crippen LogP contribution in [0.3, 0.4) is 0 Å². The van der Waals surface area contributed by atoms with Gasteiger partial charge in [0.05, 0.1) is 10.6 Å². The minimum absolute atomic E-state index is 0.534. The molecule has 128 valence electrons. The molecule has 1 N–H and O–H groups in total. The number of nitrogens with zero attached hydrogens (tertiary/aromatic N) is 4. The molecule has 0 atom stereocenters. The van der Waals surface area contributed by atoms with Gasteiger partial charge < -0.3 is 5.32 Å². The standard InChI is InChI=1S/C18H13N5O2S/c1-11(24)18(25)19-13-5-2-4-12(10-13)14-7-8-16-20-21-17(23(16)22-14)15-6-3-9-26-15/h2-10H,1H3,(H,19,25). The topological polar surface area (TPSA) is 89.2 Å². The molecule has 0 bridgehead atoms. The molecule has 4 rings (SSSR count). The number of nitrogens with one attached hydrogen (secondary N) is 1. The van der Waals surface area contributed by atoms with Crippen molar-refractivity contribution in [1.29, 1.82) is 0 Å². The highest BCUT2D eigenvalue weighted by Crippen LogP contribution is 2.25. The Morgan fingerprint density at radius 1 is 1.08 bits per heavy atom. The van der Waals surface area contributed by atoms with Crippen LogP contribution < -0.4 is 5.32 Å². The normalized spacial score (nSPS) is 10.8. The van der Waals surface area contributed by atoms with Gasteiger partial charge in [-0.15, -0.1) is 21.5 Å². The number of carbonyl (C=O) groups is 2. The van der Waals surface area contributed by atoms with E-state index < -0.39 is 11.7 Å². The van der Waals surface area contributed by atoms with Gasteiger partial charge in [0.15, 0.2) is 11.5 Å². The second-order valence-corrected chi connectivity index (χ2v) is 6.53. The molecule has 0 spiro atoms. The molecule has 3 heterocycles. The predicted molar refractivity (Wildman–Crippen MR) is 98.8 cm³/mol. The lowest BCUT2D eigenvalue weighted by molar-refractivity contribution is -0.133. The van der Waals surface area contributed by atoms with Crippen LogP contribution in [0, 0.1) is 0 Å². The minimum Gasteiger partial charge on any atom is -0.319 e. The number of thiophene rings is 1. The Morgan fingerprint density at radius 3 is 2.73 bits per heavy atom. The first-order valence-electron chi connectivity index (χ1n) is 7.80. The van der Waals surface area contributed by atoms with Gasteiger partial charge in [-0.1, -0.05) is 18.2 Å². The predicted octanol–water partition coefficient (Wildman–Crippen LogP) is 3.05. The lowest BCUT2D eigenvalue weighted by atomic mass is 10.1. The van der Waals surface area contributed by atoms with Crippen molar-refractivity contribution < 1.29 is 9.59 Å². The fourth-order valence-electron chi connectivity index (χ4n) is 2.48. The first-order valence-corrected chi connectivity index (χ1v) is 8.68. The highest BCUT2D eigenvalue weighted by atomic mass is 32.1. The molecule has 1 amide bonds. The fourth-order valence-corrected chi connectivity index (χ4v) is 3.17. The Labute approximate surface area is 152 Å². The number of hydrogen-bond donors (Lipinski definition) is 1. The molecule has 4 aromatic rings. The molecule has 0 aliphatic heterocycles. The smallest absolute Gasteiger partial charge is 0.291 e. The molecule has 7 nitrogen and oxygen atoms in total. The van der Waals surface area contributed by atoms with Crippen LogP contribution in [0.25, 0.3) is 27.6 Å². The number of fused-ring (bicyclic) bond motifs is 1. The van der Waals surface area contributed by atoms with Gasteiger partial charge in [0, 0.05) is 18.2 Å². The Balaban J connectivity index is 1.74. The average Bonchev–Trinajstić information content (AvgIpc) is 3.30. The summed E-state index contributed by atoms with van der Waals surface area (Å²) in [6, 6.07) is 14.8. The molecule has 0 radical (unpaired) electrons. The first kappa shape index (κ1) is 16.1. The first-order chi connectivity index (χ1) is 12.6. The van der Waals surface area contributed by atoms with Crippen molar-refractivity contribution in [3.05, 3.63) is 53.9 Å². The summed E-state index contributed by atoms with van der Waals surface area (Å²) >= 11 is 1.57. The van der Waals surface area contributed by atoms with Gasteiger partial charge >= 0.3 is 0 Å². The Morgan fingerprint density at radius 2 is 1.96 bits per heavy atom. The van der Waals surface area contributed by atoms with E-state index in [0.29, 0.717) is 22.9 Å². The lowest BCUT2D eigenvalue weighted by Gasteiger charge is -2.06. The highest BCUT2D eigenvalue weighted by Gasteiger charge is 2.12. The third kappa shape index (κ3) is 2.98. The second-order valence-electron chi connectivity index (χ2n) is 5.58. The van der Waals surface area contributed by atoms with Crippen LogP contribution in [-0.4, -0.2) is 31.5 Å². The fraction of sp³-hybridized carbons (Fsp3) is 0.0556. The summed E-state index contributed by atoms with van der Waals surface area (Å²) in [5.74, 6) is -0.512. The quantitative estimate of drug-likeness (QED) is 0.563. The van der Waals surface area contributed by atoms with E-state index in [4.69, 9.17) is 0 Å². The zero-order valence-corrected chi connectivity index (χ0v) is 14.5. The number of amides is 1. The molecule has 0 fully saturated rings. The third-order valence-corrected chi connectivity index (χ3v) is 4.61. The summed E-state index contributed by atoms with van der Waals surface area (Å²) < 4.78 is 1.70. The zero-order valence-electron chi connectivity index (χ0n) is 13.7. The Hall–Kier alpha value is -3.39. The van der Waals surface area contributed by atoms with Gasteiger partial charge in [-0.2, -0.15) is 9.61 Å². The van der Waals surface area contributed by atoms with Crippen LogP contribution in [-0.2, 0) is 9.59 Å². The minimum atomic E-state index is -0.649. The van der Waals surface area contributed by atoms with Crippen LogP contribution in [0.4, 0.5) is 5.69 Å². The molecule has 0 aliphatic rings. The van der Waals surface area contributed by atoms with Gasteiger partial charge in [0.1, 0.15) is 0 Å². The van der Waals surface area contributed by atoms with E-state index in [2.05, 4.69) is 20.6 Å². The highest BCUT2D eigenvalue weighted by molar-refractivity contribution is 7.13. The van der Waals surface area contributed by atoms with E-state index in [1.54, 1.807) is 34.1 Å².